The van der Waals surface area contributed by atoms with Gasteiger partial charge in [-0.15, -0.1) is 0 Å². The van der Waals surface area contributed by atoms with Crippen molar-refractivity contribution >= 4 is 11.6 Å². The summed E-state index contributed by atoms with van der Waals surface area (Å²) in [6.45, 7) is 11.1. The number of carbonyl (C=O) groups excluding carboxylic acids is 1. The van der Waals surface area contributed by atoms with Crippen molar-refractivity contribution in [3.05, 3.63) is 53.6 Å². The van der Waals surface area contributed by atoms with E-state index in [1.165, 1.54) is 0 Å². The lowest BCUT2D eigenvalue weighted by molar-refractivity contribution is -0.118. The second-order valence-electron chi connectivity index (χ2n) is 7.26. The molecule has 0 heterocycles. The number of benzene rings is 2. The van der Waals surface area contributed by atoms with Crippen LogP contribution in [0.3, 0.4) is 0 Å². The van der Waals surface area contributed by atoms with Crippen LogP contribution in [0.5, 0.6) is 11.5 Å². The highest BCUT2D eigenvalue weighted by Crippen LogP contribution is 2.27. The van der Waals surface area contributed by atoms with Gasteiger partial charge in [-0.1, -0.05) is 39.8 Å². The van der Waals surface area contributed by atoms with Crippen LogP contribution < -0.4 is 14.8 Å². The highest BCUT2D eigenvalue weighted by molar-refractivity contribution is 5.91. The van der Waals surface area contributed by atoms with Crippen molar-refractivity contribution in [2.24, 2.45) is 5.92 Å². The molecule has 0 saturated heterocycles. The van der Waals surface area contributed by atoms with Crippen molar-refractivity contribution in [1.29, 1.82) is 0 Å². The van der Waals surface area contributed by atoms with Gasteiger partial charge in [-0.3, -0.25) is 4.79 Å². The SMILES string of the molecule is Cc1ccc(C(C)C)c(OCC(=O)Nc2ccc(OCC(C)C)cc2)c1. The molecule has 0 aliphatic carbocycles. The lowest BCUT2D eigenvalue weighted by Crippen LogP contribution is -2.20. The molecule has 0 saturated carbocycles. The van der Waals surface area contributed by atoms with E-state index in [-0.39, 0.29) is 12.5 Å². The van der Waals surface area contributed by atoms with E-state index in [1.54, 1.807) is 0 Å². The van der Waals surface area contributed by atoms with Crippen LogP contribution >= 0.6 is 0 Å². The average molecular weight is 355 g/mol. The molecule has 26 heavy (non-hydrogen) atoms. The molecule has 0 unspecified atom stereocenters. The number of hydrogen-bond acceptors (Lipinski definition) is 3. The van der Waals surface area contributed by atoms with Gasteiger partial charge in [0.2, 0.25) is 0 Å². The third kappa shape index (κ3) is 6.10. The predicted octanol–water partition coefficient (Wildman–Crippen LogP) is 5.17. The van der Waals surface area contributed by atoms with E-state index in [9.17, 15) is 4.79 Å². The van der Waals surface area contributed by atoms with Crippen LogP contribution in [-0.4, -0.2) is 19.1 Å². The quantitative estimate of drug-likeness (QED) is 0.710. The Kier molecular flexibility index (Phi) is 7.07. The zero-order valence-corrected chi connectivity index (χ0v) is 16.3. The van der Waals surface area contributed by atoms with E-state index < -0.39 is 0 Å². The molecular weight excluding hydrogens is 326 g/mol. The Morgan fingerprint density at radius 2 is 1.69 bits per heavy atom. The van der Waals surface area contributed by atoms with Crippen molar-refractivity contribution in [1.82, 2.24) is 0 Å². The van der Waals surface area contributed by atoms with Crippen LogP contribution in [0.2, 0.25) is 0 Å². The van der Waals surface area contributed by atoms with Gasteiger partial charge < -0.3 is 14.8 Å². The van der Waals surface area contributed by atoms with E-state index in [0.717, 1.165) is 28.3 Å². The topological polar surface area (TPSA) is 47.6 Å². The molecule has 0 aromatic heterocycles. The van der Waals surface area contributed by atoms with E-state index in [4.69, 9.17) is 9.47 Å². The van der Waals surface area contributed by atoms with Crippen LogP contribution in [0.25, 0.3) is 0 Å². The molecule has 4 heteroatoms. The lowest BCUT2D eigenvalue weighted by Gasteiger charge is -2.15. The minimum atomic E-state index is -0.183. The summed E-state index contributed by atoms with van der Waals surface area (Å²) < 4.78 is 11.4. The maximum absolute atomic E-state index is 12.2. The Morgan fingerprint density at radius 1 is 1.00 bits per heavy atom. The molecule has 2 aromatic carbocycles. The summed E-state index contributed by atoms with van der Waals surface area (Å²) in [6, 6.07) is 13.5. The largest absolute Gasteiger partial charge is 0.493 e. The summed E-state index contributed by atoms with van der Waals surface area (Å²) in [5.74, 6) is 2.20. The zero-order valence-electron chi connectivity index (χ0n) is 16.3. The first-order chi connectivity index (χ1) is 12.3. The predicted molar refractivity (Wildman–Crippen MR) is 106 cm³/mol. The van der Waals surface area contributed by atoms with Gasteiger partial charge in [0.25, 0.3) is 5.91 Å². The Labute approximate surface area is 156 Å². The number of nitrogens with one attached hydrogen (secondary N) is 1. The van der Waals surface area contributed by atoms with Crippen LogP contribution in [0.4, 0.5) is 5.69 Å². The summed E-state index contributed by atoms with van der Waals surface area (Å²) in [7, 11) is 0. The Morgan fingerprint density at radius 3 is 2.31 bits per heavy atom. The zero-order chi connectivity index (χ0) is 19.1. The number of hydrogen-bond donors (Lipinski definition) is 1. The third-order valence-electron chi connectivity index (χ3n) is 3.87. The first kappa shape index (κ1) is 19.8. The summed E-state index contributed by atoms with van der Waals surface area (Å²) in [6.07, 6.45) is 0. The minimum absolute atomic E-state index is 0.0191. The molecule has 1 amide bonds. The maximum Gasteiger partial charge on any atom is 0.262 e. The van der Waals surface area contributed by atoms with Gasteiger partial charge in [0.1, 0.15) is 11.5 Å². The van der Waals surface area contributed by atoms with Gasteiger partial charge in [0.05, 0.1) is 6.61 Å². The van der Waals surface area contributed by atoms with Gasteiger partial charge in [-0.2, -0.15) is 0 Å². The summed E-state index contributed by atoms with van der Waals surface area (Å²) in [4.78, 5) is 12.2. The fourth-order valence-corrected chi connectivity index (χ4v) is 2.48. The molecule has 0 atom stereocenters. The van der Waals surface area contributed by atoms with Crippen LogP contribution in [0.1, 0.15) is 44.7 Å². The molecular formula is C22H29NO3. The number of rotatable bonds is 8. The Balaban J connectivity index is 1.90. The van der Waals surface area contributed by atoms with E-state index >= 15 is 0 Å². The van der Waals surface area contributed by atoms with Crippen molar-refractivity contribution < 1.29 is 14.3 Å². The highest BCUT2D eigenvalue weighted by Gasteiger charge is 2.10. The molecule has 4 nitrogen and oxygen atoms in total. The van der Waals surface area contributed by atoms with Gasteiger partial charge in [-0.05, 0) is 60.2 Å². The number of aryl methyl sites for hydroxylation is 1. The first-order valence-electron chi connectivity index (χ1n) is 9.11. The van der Waals surface area contributed by atoms with E-state index in [2.05, 4.69) is 45.1 Å². The fraction of sp³-hybridized carbons (Fsp3) is 0.409. The van der Waals surface area contributed by atoms with Gasteiger partial charge in [-0.25, -0.2) is 0 Å². The highest BCUT2D eigenvalue weighted by atomic mass is 16.5. The second kappa shape index (κ2) is 9.27. The van der Waals surface area contributed by atoms with Crippen molar-refractivity contribution in [2.75, 3.05) is 18.5 Å². The van der Waals surface area contributed by atoms with Crippen molar-refractivity contribution in [3.8, 4) is 11.5 Å². The molecule has 0 bridgehead atoms. The summed E-state index contributed by atoms with van der Waals surface area (Å²) >= 11 is 0. The molecule has 0 aliphatic rings. The smallest absolute Gasteiger partial charge is 0.262 e. The molecule has 140 valence electrons. The van der Waals surface area contributed by atoms with Gasteiger partial charge in [0, 0.05) is 5.69 Å². The monoisotopic (exact) mass is 355 g/mol. The van der Waals surface area contributed by atoms with Crippen LogP contribution in [0.15, 0.2) is 42.5 Å². The first-order valence-corrected chi connectivity index (χ1v) is 9.11. The summed E-state index contributed by atoms with van der Waals surface area (Å²) in [5.41, 5.74) is 2.95. The van der Waals surface area contributed by atoms with Crippen molar-refractivity contribution in [2.45, 2.75) is 40.5 Å². The number of ether oxygens (including phenoxy) is 2. The Hall–Kier alpha value is -2.49. The third-order valence-corrected chi connectivity index (χ3v) is 3.87. The van der Waals surface area contributed by atoms with Crippen molar-refractivity contribution in [3.63, 3.8) is 0 Å². The standard InChI is InChI=1S/C22H29NO3/c1-15(2)13-25-19-9-7-18(8-10-19)23-22(24)14-26-21-12-17(5)6-11-20(21)16(3)4/h6-12,15-16H,13-14H2,1-5H3,(H,23,24). The van der Waals surface area contributed by atoms with Gasteiger partial charge >= 0.3 is 0 Å². The molecule has 0 fully saturated rings. The Bertz CT molecular complexity index is 721. The molecule has 0 spiro atoms. The number of anilines is 1. The number of carbonyl (C=O) groups is 1. The molecule has 1 N–H and O–H groups in total. The summed E-state index contributed by atoms with van der Waals surface area (Å²) in [5, 5.41) is 2.85. The molecule has 0 radical (unpaired) electrons. The normalized spacial score (nSPS) is 10.9. The minimum Gasteiger partial charge on any atom is -0.493 e. The second-order valence-corrected chi connectivity index (χ2v) is 7.26. The molecule has 2 rings (SSSR count). The average Bonchev–Trinajstić information content (AvgIpc) is 2.59. The van der Waals surface area contributed by atoms with E-state index in [0.29, 0.717) is 18.4 Å². The van der Waals surface area contributed by atoms with Gasteiger partial charge in [0.15, 0.2) is 6.61 Å². The van der Waals surface area contributed by atoms with Crippen LogP contribution in [-0.2, 0) is 4.79 Å². The number of amides is 1. The van der Waals surface area contributed by atoms with E-state index in [1.807, 2.05) is 37.3 Å². The maximum atomic E-state index is 12.2. The fourth-order valence-electron chi connectivity index (χ4n) is 2.48. The van der Waals surface area contributed by atoms with Crippen LogP contribution in [0, 0.1) is 12.8 Å². The molecule has 2 aromatic rings. The molecule has 0 aliphatic heterocycles. The lowest BCUT2D eigenvalue weighted by atomic mass is 10.0.